The van der Waals surface area contributed by atoms with E-state index in [2.05, 4.69) is 19.2 Å². The molecule has 1 aromatic rings. The maximum Gasteiger partial charge on any atom is 0.255 e. The third-order valence-electron chi connectivity index (χ3n) is 3.74. The molecule has 1 aromatic carbocycles. The van der Waals surface area contributed by atoms with Crippen LogP contribution in [0.3, 0.4) is 0 Å². The first-order valence-electron chi connectivity index (χ1n) is 7.30. The Labute approximate surface area is 126 Å². The normalized spacial score (nSPS) is 20.9. The third-order valence-corrected chi connectivity index (χ3v) is 3.74. The van der Waals surface area contributed by atoms with Crippen molar-refractivity contribution in [1.82, 2.24) is 4.90 Å². The Hall–Kier alpha value is -1.75. The Morgan fingerprint density at radius 3 is 2.76 bits per heavy atom. The van der Waals surface area contributed by atoms with Crippen LogP contribution >= 0.6 is 0 Å². The van der Waals surface area contributed by atoms with E-state index in [0.717, 1.165) is 25.1 Å². The molecule has 1 heterocycles. The van der Waals surface area contributed by atoms with Gasteiger partial charge in [-0.2, -0.15) is 0 Å². The molecule has 1 fully saturated rings. The monoisotopic (exact) mass is 291 g/mol. The Kier molecular flexibility index (Phi) is 4.42. The van der Waals surface area contributed by atoms with Gasteiger partial charge >= 0.3 is 0 Å². The molecule has 1 aliphatic rings. The van der Waals surface area contributed by atoms with Crippen molar-refractivity contribution in [3.05, 3.63) is 23.8 Å². The van der Waals surface area contributed by atoms with Gasteiger partial charge in [0, 0.05) is 38.1 Å². The molecule has 1 aliphatic heterocycles. The van der Waals surface area contributed by atoms with Crippen molar-refractivity contribution in [2.45, 2.75) is 38.3 Å². The summed E-state index contributed by atoms with van der Waals surface area (Å²) in [6.07, 6.45) is 1.82. The van der Waals surface area contributed by atoms with Gasteiger partial charge in [-0.25, -0.2) is 0 Å². The van der Waals surface area contributed by atoms with E-state index in [1.807, 2.05) is 6.07 Å². The van der Waals surface area contributed by atoms with Crippen LogP contribution in [0, 0.1) is 0 Å². The molecule has 3 N–H and O–H groups in total. The molecule has 5 heteroatoms. The highest BCUT2D eigenvalue weighted by Gasteiger charge is 2.29. The first-order chi connectivity index (χ1) is 9.78. The molecule has 0 aromatic heterocycles. The lowest BCUT2D eigenvalue weighted by atomic mass is 9.93. The van der Waals surface area contributed by atoms with Crippen molar-refractivity contribution < 1.29 is 9.53 Å². The highest BCUT2D eigenvalue weighted by Crippen LogP contribution is 2.28. The number of carbonyl (C=O) groups excluding carboxylic acids is 1. The van der Waals surface area contributed by atoms with Gasteiger partial charge in [0.25, 0.3) is 5.91 Å². The summed E-state index contributed by atoms with van der Waals surface area (Å²) in [5.74, 6) is -0.0242. The van der Waals surface area contributed by atoms with E-state index < -0.39 is 0 Å². The number of nitrogens with zero attached hydrogens (tertiary/aromatic N) is 1. The maximum absolute atomic E-state index is 12.3. The quantitative estimate of drug-likeness (QED) is 0.839. The zero-order chi connectivity index (χ0) is 15.6. The first kappa shape index (κ1) is 15.6. The highest BCUT2D eigenvalue weighted by molar-refractivity contribution is 6.00. The van der Waals surface area contributed by atoms with Crippen LogP contribution in [-0.2, 0) is 4.74 Å². The van der Waals surface area contributed by atoms with Crippen LogP contribution in [0.1, 0.15) is 37.0 Å². The molecule has 1 saturated heterocycles. The molecule has 2 rings (SSSR count). The highest BCUT2D eigenvalue weighted by atomic mass is 16.5. The van der Waals surface area contributed by atoms with Crippen molar-refractivity contribution >= 4 is 17.3 Å². The molecule has 21 heavy (non-hydrogen) atoms. The molecule has 0 radical (unpaired) electrons. The van der Waals surface area contributed by atoms with Crippen molar-refractivity contribution in [1.29, 1.82) is 0 Å². The van der Waals surface area contributed by atoms with E-state index >= 15 is 0 Å². The van der Waals surface area contributed by atoms with Crippen LogP contribution in [-0.4, -0.2) is 43.2 Å². The summed E-state index contributed by atoms with van der Waals surface area (Å²) in [6, 6.07) is 5.66. The van der Waals surface area contributed by atoms with Gasteiger partial charge in [-0.05, 0) is 44.9 Å². The Morgan fingerprint density at radius 1 is 1.43 bits per heavy atom. The molecule has 1 amide bonds. The molecule has 0 aliphatic carbocycles. The average Bonchev–Trinajstić information content (AvgIpc) is 2.37. The lowest BCUT2D eigenvalue weighted by Crippen LogP contribution is -2.40. The van der Waals surface area contributed by atoms with Crippen molar-refractivity contribution in [2.75, 3.05) is 31.8 Å². The maximum atomic E-state index is 12.3. The Balaban J connectivity index is 2.22. The minimum absolute atomic E-state index is 0.0242. The summed E-state index contributed by atoms with van der Waals surface area (Å²) in [7, 11) is 3.50. The van der Waals surface area contributed by atoms with Crippen LogP contribution in [0.4, 0.5) is 11.4 Å². The lowest BCUT2D eigenvalue weighted by molar-refractivity contribution is -0.0553. The number of nitrogen functional groups attached to an aromatic ring is 1. The number of hydrogen-bond donors (Lipinski definition) is 2. The zero-order valence-electron chi connectivity index (χ0n) is 13.3. The van der Waals surface area contributed by atoms with Crippen LogP contribution in [0.2, 0.25) is 0 Å². The number of hydrogen-bond acceptors (Lipinski definition) is 4. The molecule has 1 unspecified atom stereocenters. The fourth-order valence-electron chi connectivity index (χ4n) is 2.68. The second kappa shape index (κ2) is 5.93. The van der Waals surface area contributed by atoms with Crippen LogP contribution in [0.5, 0.6) is 0 Å². The van der Waals surface area contributed by atoms with Gasteiger partial charge in [0.1, 0.15) is 0 Å². The Morgan fingerprint density at radius 2 is 2.14 bits per heavy atom. The minimum Gasteiger partial charge on any atom is -0.399 e. The number of ether oxygens (including phenoxy) is 1. The SMILES string of the molecule is CN(C)C(=O)c1ccc(N)cc1NC1CCOC(C)(C)C1. The zero-order valence-corrected chi connectivity index (χ0v) is 13.3. The lowest BCUT2D eigenvalue weighted by Gasteiger charge is -2.36. The first-order valence-corrected chi connectivity index (χ1v) is 7.30. The predicted molar refractivity (Wildman–Crippen MR) is 85.5 cm³/mol. The summed E-state index contributed by atoms with van der Waals surface area (Å²) >= 11 is 0. The molecular weight excluding hydrogens is 266 g/mol. The van der Waals surface area contributed by atoms with E-state index in [0.29, 0.717) is 11.3 Å². The molecule has 116 valence electrons. The second-order valence-electron chi connectivity index (χ2n) is 6.45. The molecular formula is C16H25N3O2. The van der Waals surface area contributed by atoms with E-state index in [9.17, 15) is 4.79 Å². The summed E-state index contributed by atoms with van der Waals surface area (Å²) in [5.41, 5.74) is 7.84. The van der Waals surface area contributed by atoms with E-state index in [1.54, 1.807) is 31.1 Å². The molecule has 1 atom stereocenters. The van der Waals surface area contributed by atoms with Gasteiger partial charge in [0.2, 0.25) is 0 Å². The van der Waals surface area contributed by atoms with Crippen molar-refractivity contribution in [3.8, 4) is 0 Å². The smallest absolute Gasteiger partial charge is 0.255 e. The fraction of sp³-hybridized carbons (Fsp3) is 0.562. The number of nitrogens with one attached hydrogen (secondary N) is 1. The van der Waals surface area contributed by atoms with Crippen molar-refractivity contribution in [3.63, 3.8) is 0 Å². The molecule has 0 spiro atoms. The second-order valence-corrected chi connectivity index (χ2v) is 6.45. The number of amides is 1. The van der Waals surface area contributed by atoms with Gasteiger partial charge in [0.15, 0.2) is 0 Å². The summed E-state index contributed by atoms with van der Waals surface area (Å²) < 4.78 is 5.73. The third kappa shape index (κ3) is 3.88. The van der Waals surface area contributed by atoms with Crippen LogP contribution in [0.15, 0.2) is 18.2 Å². The molecule has 0 bridgehead atoms. The largest absolute Gasteiger partial charge is 0.399 e. The van der Waals surface area contributed by atoms with E-state index in [1.165, 1.54) is 0 Å². The minimum atomic E-state index is -0.137. The van der Waals surface area contributed by atoms with Crippen molar-refractivity contribution in [2.24, 2.45) is 0 Å². The van der Waals surface area contributed by atoms with Crippen LogP contribution < -0.4 is 11.1 Å². The average molecular weight is 291 g/mol. The number of benzene rings is 1. The number of carbonyl (C=O) groups is 1. The summed E-state index contributed by atoms with van der Waals surface area (Å²) in [5, 5.41) is 3.47. The predicted octanol–water partition coefficient (Wildman–Crippen LogP) is 2.34. The summed E-state index contributed by atoms with van der Waals surface area (Å²) in [6.45, 7) is 4.90. The fourth-order valence-corrected chi connectivity index (χ4v) is 2.68. The summed E-state index contributed by atoms with van der Waals surface area (Å²) in [4.78, 5) is 13.8. The van der Waals surface area contributed by atoms with Gasteiger partial charge < -0.3 is 20.7 Å². The van der Waals surface area contributed by atoms with Gasteiger partial charge in [0.05, 0.1) is 11.2 Å². The number of anilines is 2. The molecule has 0 saturated carbocycles. The van der Waals surface area contributed by atoms with Gasteiger partial charge in [-0.15, -0.1) is 0 Å². The number of nitrogens with two attached hydrogens (primary N) is 1. The van der Waals surface area contributed by atoms with Gasteiger partial charge in [-0.3, -0.25) is 4.79 Å². The Bertz CT molecular complexity index is 526. The van der Waals surface area contributed by atoms with Crippen LogP contribution in [0.25, 0.3) is 0 Å². The van der Waals surface area contributed by atoms with E-state index in [4.69, 9.17) is 10.5 Å². The van der Waals surface area contributed by atoms with Gasteiger partial charge in [-0.1, -0.05) is 0 Å². The number of rotatable bonds is 3. The molecule has 5 nitrogen and oxygen atoms in total. The topological polar surface area (TPSA) is 67.6 Å². The van der Waals surface area contributed by atoms with E-state index in [-0.39, 0.29) is 17.6 Å². The standard InChI is InChI=1S/C16H25N3O2/c1-16(2)10-12(7-8-21-16)18-14-9-11(17)5-6-13(14)15(20)19(3)4/h5-6,9,12,18H,7-8,10,17H2,1-4H3.